The second-order valence-corrected chi connectivity index (χ2v) is 5.37. The third-order valence-electron chi connectivity index (χ3n) is 3.62. The van der Waals surface area contributed by atoms with Crippen molar-refractivity contribution in [3.8, 4) is 22.8 Å². The molecule has 0 fully saturated rings. The maximum atomic E-state index is 13.2. The largest absolute Gasteiger partial charge is 0.497 e. The highest BCUT2D eigenvalue weighted by atomic mass is 19.3. The Balaban J connectivity index is 1.78. The van der Waals surface area contributed by atoms with Gasteiger partial charge in [-0.05, 0) is 42.5 Å². The molecule has 3 rings (SSSR count). The second kappa shape index (κ2) is 7.81. The lowest BCUT2D eigenvalue weighted by Crippen LogP contribution is -2.14. The van der Waals surface area contributed by atoms with E-state index < -0.39 is 24.1 Å². The number of aromatic nitrogens is 2. The molecule has 0 aliphatic rings. The number of hydrogen-bond acceptors (Lipinski definition) is 4. The van der Waals surface area contributed by atoms with Crippen LogP contribution in [0.15, 0.2) is 48.5 Å². The van der Waals surface area contributed by atoms with Crippen molar-refractivity contribution in [3.63, 3.8) is 0 Å². The Hall–Kier alpha value is -3.49. The molecule has 9 heteroatoms. The van der Waals surface area contributed by atoms with Crippen molar-refractivity contribution >= 4 is 11.6 Å². The van der Waals surface area contributed by atoms with E-state index >= 15 is 0 Å². The summed E-state index contributed by atoms with van der Waals surface area (Å²) >= 11 is 0. The molecule has 0 radical (unpaired) electrons. The molecule has 1 aromatic heterocycles. The number of nitrogens with one attached hydrogen (secondary N) is 2. The summed E-state index contributed by atoms with van der Waals surface area (Å²) in [5.74, 6) is -1.22. The van der Waals surface area contributed by atoms with Crippen LogP contribution in [0.25, 0.3) is 11.3 Å². The predicted octanol–water partition coefficient (Wildman–Crippen LogP) is 4.08. The van der Waals surface area contributed by atoms with Crippen LogP contribution in [0.4, 0.5) is 18.9 Å². The summed E-state index contributed by atoms with van der Waals surface area (Å²) in [6, 6.07) is 11.4. The lowest BCUT2D eigenvalue weighted by Gasteiger charge is -2.11. The van der Waals surface area contributed by atoms with Gasteiger partial charge in [0.1, 0.15) is 17.3 Å². The normalized spacial score (nSPS) is 10.7. The Labute approximate surface area is 151 Å². The number of amides is 1. The molecule has 2 N–H and O–H groups in total. The monoisotopic (exact) mass is 377 g/mol. The van der Waals surface area contributed by atoms with Crippen LogP contribution in [0.2, 0.25) is 0 Å². The molecule has 0 bridgehead atoms. The van der Waals surface area contributed by atoms with Gasteiger partial charge < -0.3 is 14.8 Å². The molecular weight excluding hydrogens is 363 g/mol. The van der Waals surface area contributed by atoms with Gasteiger partial charge in [-0.25, -0.2) is 4.39 Å². The van der Waals surface area contributed by atoms with Crippen LogP contribution in [0, 0.1) is 5.82 Å². The SMILES string of the molecule is COc1ccc(-c2cc(C(=O)Nc3ccc(F)cc3OC(F)F)[nH]n2)cc1. The molecule has 0 saturated heterocycles. The molecule has 3 aromatic rings. The molecule has 1 amide bonds. The number of ether oxygens (including phenoxy) is 2. The summed E-state index contributed by atoms with van der Waals surface area (Å²) in [6.07, 6.45) is 0. The minimum absolute atomic E-state index is 0.0909. The Morgan fingerprint density at radius 2 is 1.89 bits per heavy atom. The molecule has 1 heterocycles. The van der Waals surface area contributed by atoms with Crippen LogP contribution in [0.3, 0.4) is 0 Å². The van der Waals surface area contributed by atoms with E-state index in [-0.39, 0.29) is 11.4 Å². The molecule has 0 unspecified atom stereocenters. The van der Waals surface area contributed by atoms with Gasteiger partial charge in [-0.3, -0.25) is 9.89 Å². The Kier molecular flexibility index (Phi) is 5.30. The van der Waals surface area contributed by atoms with Gasteiger partial charge >= 0.3 is 6.61 Å². The van der Waals surface area contributed by atoms with Crippen molar-refractivity contribution in [2.24, 2.45) is 0 Å². The maximum absolute atomic E-state index is 13.2. The van der Waals surface area contributed by atoms with Crippen LogP contribution in [-0.2, 0) is 0 Å². The molecular formula is C18H14F3N3O3. The number of hydrogen-bond donors (Lipinski definition) is 2. The molecule has 0 aliphatic carbocycles. The third kappa shape index (κ3) is 4.38. The van der Waals surface area contributed by atoms with Crippen molar-refractivity contribution in [2.45, 2.75) is 6.61 Å². The molecule has 0 spiro atoms. The molecule has 140 valence electrons. The first-order chi connectivity index (χ1) is 13.0. The lowest BCUT2D eigenvalue weighted by atomic mass is 10.1. The van der Waals surface area contributed by atoms with Crippen LogP contribution < -0.4 is 14.8 Å². The predicted molar refractivity (Wildman–Crippen MR) is 91.6 cm³/mol. The van der Waals surface area contributed by atoms with E-state index in [9.17, 15) is 18.0 Å². The second-order valence-electron chi connectivity index (χ2n) is 5.37. The number of carbonyl (C=O) groups is 1. The first kappa shape index (κ1) is 18.3. The molecule has 0 aliphatic heterocycles. The summed E-state index contributed by atoms with van der Waals surface area (Å²) in [6.45, 7) is -3.16. The van der Waals surface area contributed by atoms with E-state index in [1.165, 1.54) is 6.07 Å². The fourth-order valence-electron chi connectivity index (χ4n) is 2.33. The molecule has 0 atom stereocenters. The Bertz CT molecular complexity index is 943. The van der Waals surface area contributed by atoms with E-state index in [0.29, 0.717) is 11.4 Å². The number of benzene rings is 2. The highest BCUT2D eigenvalue weighted by Crippen LogP contribution is 2.28. The summed E-state index contributed by atoms with van der Waals surface area (Å²) in [5.41, 5.74) is 1.25. The average molecular weight is 377 g/mol. The van der Waals surface area contributed by atoms with E-state index in [2.05, 4.69) is 20.3 Å². The van der Waals surface area contributed by atoms with Gasteiger partial charge in [0.25, 0.3) is 5.91 Å². The minimum Gasteiger partial charge on any atom is -0.497 e. The highest BCUT2D eigenvalue weighted by Gasteiger charge is 2.16. The molecule has 6 nitrogen and oxygen atoms in total. The Morgan fingerprint density at radius 3 is 2.56 bits per heavy atom. The zero-order valence-electron chi connectivity index (χ0n) is 14.0. The van der Waals surface area contributed by atoms with E-state index in [1.54, 1.807) is 31.4 Å². The fraction of sp³-hybridized carbons (Fsp3) is 0.111. The number of anilines is 1. The molecule has 0 saturated carbocycles. The number of nitrogens with zero attached hydrogens (tertiary/aromatic N) is 1. The minimum atomic E-state index is -3.16. The van der Waals surface area contributed by atoms with Crippen molar-refractivity contribution in [1.29, 1.82) is 0 Å². The summed E-state index contributed by atoms with van der Waals surface area (Å²) in [7, 11) is 1.55. The number of halogens is 3. The quantitative estimate of drug-likeness (QED) is 0.679. The van der Waals surface area contributed by atoms with Gasteiger partial charge in [0, 0.05) is 11.6 Å². The first-order valence-electron chi connectivity index (χ1n) is 7.72. The van der Waals surface area contributed by atoms with Crippen molar-refractivity contribution < 1.29 is 27.4 Å². The standard InChI is InChI=1S/C18H14F3N3O3/c1-26-12-5-2-10(3-6-12)14-9-15(24-23-14)17(25)22-13-7-4-11(19)8-16(13)27-18(20)21/h2-9,18H,1H3,(H,22,25)(H,23,24). The first-order valence-corrected chi connectivity index (χ1v) is 7.72. The van der Waals surface area contributed by atoms with Crippen LogP contribution in [0.1, 0.15) is 10.5 Å². The van der Waals surface area contributed by atoms with E-state index in [4.69, 9.17) is 4.74 Å². The molecule has 2 aromatic carbocycles. The van der Waals surface area contributed by atoms with Crippen LogP contribution in [-0.4, -0.2) is 29.8 Å². The van der Waals surface area contributed by atoms with Gasteiger partial charge in [-0.2, -0.15) is 13.9 Å². The topological polar surface area (TPSA) is 76.2 Å². The maximum Gasteiger partial charge on any atom is 0.387 e. The average Bonchev–Trinajstić information content (AvgIpc) is 3.14. The van der Waals surface area contributed by atoms with Crippen LogP contribution >= 0.6 is 0 Å². The number of aromatic amines is 1. The fourth-order valence-corrected chi connectivity index (χ4v) is 2.33. The van der Waals surface area contributed by atoms with E-state index in [0.717, 1.165) is 23.8 Å². The van der Waals surface area contributed by atoms with Gasteiger partial charge in [-0.1, -0.05) is 0 Å². The number of rotatable bonds is 6. The third-order valence-corrected chi connectivity index (χ3v) is 3.62. The van der Waals surface area contributed by atoms with Crippen molar-refractivity contribution in [3.05, 3.63) is 60.0 Å². The zero-order valence-corrected chi connectivity index (χ0v) is 14.0. The van der Waals surface area contributed by atoms with Gasteiger partial charge in [0.2, 0.25) is 0 Å². The molecule has 27 heavy (non-hydrogen) atoms. The number of alkyl halides is 2. The Morgan fingerprint density at radius 1 is 1.15 bits per heavy atom. The smallest absolute Gasteiger partial charge is 0.387 e. The number of methoxy groups -OCH3 is 1. The van der Waals surface area contributed by atoms with Crippen molar-refractivity contribution in [1.82, 2.24) is 10.2 Å². The summed E-state index contributed by atoms with van der Waals surface area (Å²) < 4.78 is 47.5. The lowest BCUT2D eigenvalue weighted by molar-refractivity contribution is -0.0495. The highest BCUT2D eigenvalue weighted by molar-refractivity contribution is 6.04. The van der Waals surface area contributed by atoms with E-state index in [1.807, 2.05) is 0 Å². The van der Waals surface area contributed by atoms with Crippen molar-refractivity contribution in [2.75, 3.05) is 12.4 Å². The van der Waals surface area contributed by atoms with Gasteiger partial charge in [-0.15, -0.1) is 0 Å². The van der Waals surface area contributed by atoms with Gasteiger partial charge in [0.05, 0.1) is 18.5 Å². The zero-order chi connectivity index (χ0) is 19.4. The van der Waals surface area contributed by atoms with Crippen LogP contribution in [0.5, 0.6) is 11.5 Å². The number of carbonyl (C=O) groups excluding carboxylic acids is 1. The van der Waals surface area contributed by atoms with Gasteiger partial charge in [0.15, 0.2) is 5.75 Å². The summed E-state index contributed by atoms with van der Waals surface area (Å²) in [5, 5.41) is 9.01. The number of H-pyrrole nitrogens is 1. The summed E-state index contributed by atoms with van der Waals surface area (Å²) in [4.78, 5) is 12.3.